The molecule has 14 heavy (non-hydrogen) atoms. The molecule has 0 aliphatic rings. The van der Waals surface area contributed by atoms with Crippen molar-refractivity contribution in [2.24, 2.45) is 0 Å². The zero-order valence-electron chi connectivity index (χ0n) is 6.57. The van der Waals surface area contributed by atoms with Gasteiger partial charge in [0.15, 0.2) is 5.75 Å². The molecule has 1 aromatic carbocycles. The summed E-state index contributed by atoms with van der Waals surface area (Å²) in [4.78, 5) is 0. The highest BCUT2D eigenvalue weighted by Crippen LogP contribution is 2.27. The molecular weight excluding hydrogens is 277 g/mol. The van der Waals surface area contributed by atoms with Crippen molar-refractivity contribution >= 4 is 26.4 Å². The fourth-order valence-electron chi connectivity index (χ4n) is 0.744. The van der Waals surface area contributed by atoms with Gasteiger partial charge >= 0.3 is 10.5 Å². The number of hydrogen-bond acceptors (Lipinski definition) is 4. The monoisotopic (exact) mass is 279 g/mol. The fourth-order valence-corrected chi connectivity index (χ4v) is 1.53. The first kappa shape index (κ1) is 10.9. The Morgan fingerprint density at radius 1 is 1.50 bits per heavy atom. The van der Waals surface area contributed by atoms with Crippen molar-refractivity contribution in [2.75, 3.05) is 0 Å². The van der Waals surface area contributed by atoms with Gasteiger partial charge in [-0.3, -0.25) is 0 Å². The second-order valence-electron chi connectivity index (χ2n) is 2.23. The van der Waals surface area contributed by atoms with Gasteiger partial charge in [-0.2, -0.15) is 13.7 Å². The lowest BCUT2D eigenvalue weighted by Gasteiger charge is -2.02. The maximum atomic E-state index is 12.1. The highest BCUT2D eigenvalue weighted by Gasteiger charge is 2.12. The van der Waals surface area contributed by atoms with E-state index in [0.29, 0.717) is 0 Å². The van der Waals surface area contributed by atoms with Gasteiger partial charge in [0.2, 0.25) is 0 Å². The zero-order chi connectivity index (χ0) is 10.8. The normalized spacial score (nSPS) is 10.6. The molecule has 0 aliphatic carbocycles. The summed E-state index contributed by atoms with van der Waals surface area (Å²) >= 11 is 2.95. The number of nitriles is 1. The van der Waals surface area contributed by atoms with Crippen LogP contribution in [0.5, 0.6) is 5.75 Å². The van der Waals surface area contributed by atoms with E-state index in [4.69, 9.17) is 5.26 Å². The van der Waals surface area contributed by atoms with Crippen LogP contribution in [0.2, 0.25) is 0 Å². The Bertz CT molecular complexity index is 494. The summed E-state index contributed by atoms with van der Waals surface area (Å²) in [5.41, 5.74) is 0.173. The third-order valence-corrected chi connectivity index (χ3v) is 2.28. The molecule has 0 heterocycles. The molecule has 4 nitrogen and oxygen atoms in total. The van der Waals surface area contributed by atoms with Crippen LogP contribution in [0.1, 0.15) is 5.56 Å². The molecule has 0 radical (unpaired) electrons. The molecule has 1 aromatic rings. The van der Waals surface area contributed by atoms with E-state index in [9.17, 15) is 12.3 Å². The van der Waals surface area contributed by atoms with Crippen LogP contribution in [-0.2, 0) is 10.5 Å². The molecule has 0 saturated heterocycles. The SMILES string of the molecule is N#Cc1ccc(Br)c(OS(=O)(=O)F)c1. The lowest BCUT2D eigenvalue weighted by atomic mass is 10.2. The van der Waals surface area contributed by atoms with Gasteiger partial charge in [0.05, 0.1) is 16.1 Å². The van der Waals surface area contributed by atoms with Crippen LogP contribution in [0.4, 0.5) is 3.89 Å². The standard InChI is InChI=1S/C7H3BrFNO3S/c8-6-2-1-5(4-10)3-7(6)13-14(9,11)12/h1-3H. The van der Waals surface area contributed by atoms with Crippen LogP contribution in [-0.4, -0.2) is 8.42 Å². The summed E-state index contributed by atoms with van der Waals surface area (Å²) < 4.78 is 36.7. The largest absolute Gasteiger partial charge is 0.488 e. The topological polar surface area (TPSA) is 67.2 Å². The molecule has 0 bridgehead atoms. The minimum Gasteiger partial charge on any atom is -0.357 e. The van der Waals surface area contributed by atoms with E-state index in [0.717, 1.165) is 6.07 Å². The molecule has 0 spiro atoms. The highest BCUT2D eigenvalue weighted by atomic mass is 79.9. The van der Waals surface area contributed by atoms with Crippen molar-refractivity contribution in [1.82, 2.24) is 0 Å². The highest BCUT2D eigenvalue weighted by molar-refractivity contribution is 9.10. The molecule has 0 aliphatic heterocycles. The van der Waals surface area contributed by atoms with Gasteiger partial charge in [0, 0.05) is 6.07 Å². The van der Waals surface area contributed by atoms with Crippen LogP contribution < -0.4 is 4.18 Å². The second-order valence-corrected chi connectivity index (χ2v) is 4.04. The van der Waals surface area contributed by atoms with Crippen molar-refractivity contribution in [3.63, 3.8) is 0 Å². The van der Waals surface area contributed by atoms with Crippen LogP contribution in [0.15, 0.2) is 22.7 Å². The molecule has 0 saturated carbocycles. The third-order valence-electron chi connectivity index (χ3n) is 1.25. The molecule has 7 heteroatoms. The minimum absolute atomic E-state index is 0.173. The maximum Gasteiger partial charge on any atom is 0.488 e. The molecular formula is C7H3BrFNO3S. The first-order chi connectivity index (χ1) is 6.42. The van der Waals surface area contributed by atoms with E-state index < -0.39 is 10.5 Å². The summed E-state index contributed by atoms with van der Waals surface area (Å²) in [6, 6.07) is 5.69. The van der Waals surface area contributed by atoms with Crippen LogP contribution in [0.25, 0.3) is 0 Å². The van der Waals surface area contributed by atoms with Gasteiger partial charge < -0.3 is 4.18 Å². The van der Waals surface area contributed by atoms with E-state index in [1.165, 1.54) is 12.1 Å². The Morgan fingerprint density at radius 3 is 2.64 bits per heavy atom. The van der Waals surface area contributed by atoms with Gasteiger partial charge in [0.1, 0.15) is 0 Å². The predicted molar refractivity (Wildman–Crippen MR) is 49.5 cm³/mol. The average molecular weight is 280 g/mol. The second kappa shape index (κ2) is 3.94. The Morgan fingerprint density at radius 2 is 2.14 bits per heavy atom. The van der Waals surface area contributed by atoms with Gasteiger partial charge in [-0.05, 0) is 28.1 Å². The molecule has 0 aromatic heterocycles. The van der Waals surface area contributed by atoms with Crippen molar-refractivity contribution in [3.05, 3.63) is 28.2 Å². The Hall–Kier alpha value is -1.13. The van der Waals surface area contributed by atoms with Crippen molar-refractivity contribution < 1.29 is 16.5 Å². The Balaban J connectivity index is 3.15. The number of hydrogen-bond donors (Lipinski definition) is 0. The minimum atomic E-state index is -5.06. The summed E-state index contributed by atoms with van der Waals surface area (Å²) in [5.74, 6) is -0.258. The first-order valence-corrected chi connectivity index (χ1v) is 5.36. The van der Waals surface area contributed by atoms with Gasteiger partial charge in [0.25, 0.3) is 0 Å². The molecule has 0 unspecified atom stereocenters. The summed E-state index contributed by atoms with van der Waals surface area (Å²) in [6.07, 6.45) is 0. The zero-order valence-corrected chi connectivity index (χ0v) is 8.97. The third kappa shape index (κ3) is 2.97. The molecule has 0 amide bonds. The van der Waals surface area contributed by atoms with Crippen LogP contribution in [0.3, 0.4) is 0 Å². The summed E-state index contributed by atoms with van der Waals surface area (Å²) in [7, 11) is -5.06. The molecule has 0 atom stereocenters. The molecule has 0 N–H and O–H groups in total. The van der Waals surface area contributed by atoms with Crippen LogP contribution >= 0.6 is 15.9 Å². The number of nitrogens with zero attached hydrogens (tertiary/aromatic N) is 1. The van der Waals surface area contributed by atoms with Gasteiger partial charge in [-0.15, -0.1) is 0 Å². The van der Waals surface area contributed by atoms with Crippen molar-refractivity contribution in [1.29, 1.82) is 5.26 Å². The van der Waals surface area contributed by atoms with E-state index in [1.54, 1.807) is 6.07 Å². The van der Waals surface area contributed by atoms with E-state index in [-0.39, 0.29) is 15.8 Å². The Labute approximate surface area is 88.5 Å². The van der Waals surface area contributed by atoms with Crippen molar-refractivity contribution in [2.45, 2.75) is 0 Å². The quantitative estimate of drug-likeness (QED) is 0.776. The van der Waals surface area contributed by atoms with E-state index >= 15 is 0 Å². The van der Waals surface area contributed by atoms with E-state index in [1.807, 2.05) is 0 Å². The average Bonchev–Trinajstić information content (AvgIpc) is 2.06. The smallest absolute Gasteiger partial charge is 0.357 e. The first-order valence-electron chi connectivity index (χ1n) is 3.26. The predicted octanol–water partition coefficient (Wildman–Crippen LogP) is 1.91. The number of benzene rings is 1. The molecule has 74 valence electrons. The lowest BCUT2D eigenvalue weighted by molar-refractivity contribution is 0.439. The van der Waals surface area contributed by atoms with E-state index in [2.05, 4.69) is 20.1 Å². The van der Waals surface area contributed by atoms with Crippen molar-refractivity contribution in [3.8, 4) is 11.8 Å². The summed E-state index contributed by atoms with van der Waals surface area (Å²) in [5, 5.41) is 8.49. The van der Waals surface area contributed by atoms with Gasteiger partial charge in [-0.25, -0.2) is 0 Å². The number of rotatable bonds is 2. The fraction of sp³-hybridized carbons (Fsp3) is 0. The van der Waals surface area contributed by atoms with Gasteiger partial charge in [-0.1, -0.05) is 3.89 Å². The summed E-state index contributed by atoms with van der Waals surface area (Å²) in [6.45, 7) is 0. The molecule has 1 rings (SSSR count). The number of halogens is 2. The maximum absolute atomic E-state index is 12.1. The molecule has 0 fully saturated rings. The van der Waals surface area contributed by atoms with Crippen LogP contribution in [0, 0.1) is 11.3 Å². The Kier molecular flexibility index (Phi) is 3.08. The lowest BCUT2D eigenvalue weighted by Crippen LogP contribution is -2.01.